The summed E-state index contributed by atoms with van der Waals surface area (Å²) in [4.78, 5) is 37.4. The first kappa shape index (κ1) is 22.0. The molecule has 2 aromatic rings. The van der Waals surface area contributed by atoms with Crippen LogP contribution in [0.25, 0.3) is 4.85 Å². The predicted octanol–water partition coefficient (Wildman–Crippen LogP) is 3.83. The van der Waals surface area contributed by atoms with Crippen LogP contribution in [0.5, 0.6) is 5.75 Å². The van der Waals surface area contributed by atoms with E-state index >= 15 is 0 Å². The van der Waals surface area contributed by atoms with E-state index in [1.165, 1.54) is 12.4 Å². The third-order valence-electron chi connectivity index (χ3n) is 5.95. The first-order chi connectivity index (χ1) is 15.6. The Labute approximate surface area is 191 Å². The Bertz CT molecular complexity index is 1020. The normalized spacial score (nSPS) is 22.8. The zero-order valence-corrected chi connectivity index (χ0v) is 18.3. The number of anilines is 1. The predicted molar refractivity (Wildman–Crippen MR) is 120 cm³/mol. The highest BCUT2D eigenvalue weighted by Gasteiger charge is 2.26. The largest absolute Gasteiger partial charge is 0.490 e. The Morgan fingerprint density at radius 3 is 2.59 bits per heavy atom. The second-order valence-corrected chi connectivity index (χ2v) is 8.60. The Morgan fingerprint density at radius 2 is 1.97 bits per heavy atom. The van der Waals surface area contributed by atoms with Crippen molar-refractivity contribution in [1.29, 1.82) is 0 Å². The number of halogens is 1. The lowest BCUT2D eigenvalue weighted by atomic mass is 9.92. The van der Waals surface area contributed by atoms with Crippen molar-refractivity contribution in [1.82, 2.24) is 15.3 Å². The number of aldehydes is 1. The van der Waals surface area contributed by atoms with Gasteiger partial charge in [-0.15, -0.1) is 0 Å². The molecule has 0 spiro atoms. The van der Waals surface area contributed by atoms with Crippen molar-refractivity contribution in [2.24, 2.45) is 5.92 Å². The molecule has 1 aromatic carbocycles. The number of ether oxygens (including phenoxy) is 1. The van der Waals surface area contributed by atoms with Gasteiger partial charge in [0.15, 0.2) is 0 Å². The van der Waals surface area contributed by atoms with Crippen molar-refractivity contribution in [3.8, 4) is 5.75 Å². The van der Waals surface area contributed by atoms with Crippen LogP contribution in [-0.4, -0.2) is 47.4 Å². The van der Waals surface area contributed by atoms with Gasteiger partial charge in [-0.3, -0.25) is 4.79 Å². The summed E-state index contributed by atoms with van der Waals surface area (Å²) in [5, 5.41) is 3.45. The Hall–Kier alpha value is -3.18. The van der Waals surface area contributed by atoms with Crippen molar-refractivity contribution in [2.45, 2.75) is 44.2 Å². The summed E-state index contributed by atoms with van der Waals surface area (Å²) in [6, 6.07) is 5.17. The lowest BCUT2D eigenvalue weighted by Gasteiger charge is -2.29. The summed E-state index contributed by atoms with van der Waals surface area (Å²) in [5.74, 6) is 1.04. The highest BCUT2D eigenvalue weighted by Crippen LogP contribution is 2.31. The number of carbonyl (C=O) groups excluding carboxylic acids is 2. The van der Waals surface area contributed by atoms with Gasteiger partial charge in [-0.05, 0) is 44.2 Å². The van der Waals surface area contributed by atoms with Gasteiger partial charge >= 0.3 is 0 Å². The number of amides is 1. The molecule has 32 heavy (non-hydrogen) atoms. The van der Waals surface area contributed by atoms with Crippen molar-refractivity contribution >= 4 is 35.4 Å². The lowest BCUT2D eigenvalue weighted by Crippen LogP contribution is -2.39. The van der Waals surface area contributed by atoms with Crippen molar-refractivity contribution < 1.29 is 14.3 Å². The molecule has 1 amide bonds. The summed E-state index contributed by atoms with van der Waals surface area (Å²) in [6.07, 6.45) is 8.16. The lowest BCUT2D eigenvalue weighted by molar-refractivity contribution is -0.110. The molecular formula is C23H24ClN5O3. The molecule has 1 N–H and O–H groups in total. The first-order valence-corrected chi connectivity index (χ1v) is 11.1. The molecule has 1 aromatic heterocycles. The van der Waals surface area contributed by atoms with Crippen LogP contribution in [0.4, 0.5) is 11.6 Å². The number of nitrogens with one attached hydrogen (secondary N) is 1. The highest BCUT2D eigenvalue weighted by atomic mass is 35.5. The average Bonchev–Trinajstić information content (AvgIpc) is 3.30. The number of hydrogen-bond donors (Lipinski definition) is 1. The van der Waals surface area contributed by atoms with Crippen LogP contribution in [-0.2, 0) is 4.79 Å². The van der Waals surface area contributed by atoms with Gasteiger partial charge in [0.2, 0.25) is 11.6 Å². The van der Waals surface area contributed by atoms with Gasteiger partial charge in [0.05, 0.1) is 23.3 Å². The molecule has 1 saturated heterocycles. The van der Waals surface area contributed by atoms with Gasteiger partial charge in [0.1, 0.15) is 12.0 Å². The van der Waals surface area contributed by atoms with E-state index in [4.69, 9.17) is 22.9 Å². The highest BCUT2D eigenvalue weighted by molar-refractivity contribution is 6.33. The minimum Gasteiger partial charge on any atom is -0.490 e. The van der Waals surface area contributed by atoms with Crippen molar-refractivity contribution in [2.75, 3.05) is 18.0 Å². The minimum atomic E-state index is -0.186. The number of nitrogens with zero attached hydrogens (tertiary/aromatic N) is 4. The molecule has 8 nitrogen and oxygen atoms in total. The summed E-state index contributed by atoms with van der Waals surface area (Å²) in [7, 11) is 0. The maximum Gasteiger partial charge on any atom is 0.254 e. The monoisotopic (exact) mass is 453 g/mol. The molecule has 4 rings (SSSR count). The maximum atomic E-state index is 12.6. The van der Waals surface area contributed by atoms with Crippen LogP contribution in [0, 0.1) is 12.5 Å². The Balaban J connectivity index is 1.25. The zero-order chi connectivity index (χ0) is 22.5. The van der Waals surface area contributed by atoms with Gasteiger partial charge in [0, 0.05) is 37.4 Å². The summed E-state index contributed by atoms with van der Waals surface area (Å²) in [6.45, 7) is 8.42. The van der Waals surface area contributed by atoms with E-state index in [1.807, 2.05) is 4.90 Å². The van der Waals surface area contributed by atoms with Gasteiger partial charge in [0.25, 0.3) is 5.91 Å². The minimum absolute atomic E-state index is 0.0239. The van der Waals surface area contributed by atoms with E-state index in [9.17, 15) is 9.59 Å². The number of hydrogen-bond acceptors (Lipinski definition) is 6. The van der Waals surface area contributed by atoms with Crippen molar-refractivity contribution in [3.63, 3.8) is 0 Å². The summed E-state index contributed by atoms with van der Waals surface area (Å²) >= 11 is 6.08. The average molecular weight is 454 g/mol. The molecule has 166 valence electrons. The molecule has 1 aliphatic carbocycles. The van der Waals surface area contributed by atoms with Gasteiger partial charge in [-0.2, -0.15) is 0 Å². The third-order valence-corrected chi connectivity index (χ3v) is 6.25. The third kappa shape index (κ3) is 5.17. The molecule has 0 radical (unpaired) electrons. The van der Waals surface area contributed by atoms with E-state index in [0.717, 1.165) is 44.9 Å². The van der Waals surface area contributed by atoms with Crippen LogP contribution in [0.1, 0.15) is 42.5 Å². The summed E-state index contributed by atoms with van der Waals surface area (Å²) < 4.78 is 6.00. The van der Waals surface area contributed by atoms with E-state index in [-0.39, 0.29) is 24.0 Å². The number of carbonyl (C=O) groups is 2. The second kappa shape index (κ2) is 9.96. The van der Waals surface area contributed by atoms with E-state index in [0.29, 0.717) is 34.5 Å². The molecule has 2 aliphatic rings. The van der Waals surface area contributed by atoms with E-state index < -0.39 is 0 Å². The van der Waals surface area contributed by atoms with Crippen LogP contribution >= 0.6 is 11.6 Å². The number of rotatable bonds is 6. The fourth-order valence-corrected chi connectivity index (χ4v) is 4.33. The molecule has 1 saturated carbocycles. The number of benzene rings is 1. The zero-order valence-electron chi connectivity index (χ0n) is 17.5. The second-order valence-electron chi connectivity index (χ2n) is 8.19. The van der Waals surface area contributed by atoms with Crippen LogP contribution < -0.4 is 15.0 Å². The summed E-state index contributed by atoms with van der Waals surface area (Å²) in [5.41, 5.74) is 0.834. The SMILES string of the molecule is [C-]#[N+]c1ccc(OC2CCC(NC(=O)c3cnc(N4CC[C@@H](C=O)C4)nc3)CC2)cc1Cl. The quantitative estimate of drug-likeness (QED) is 0.528. The van der Waals surface area contributed by atoms with Gasteiger partial charge in [-0.25, -0.2) is 14.8 Å². The fourth-order valence-electron chi connectivity index (χ4n) is 4.12. The van der Waals surface area contributed by atoms with Crippen molar-refractivity contribution in [3.05, 3.63) is 52.6 Å². The molecule has 0 bridgehead atoms. The topological polar surface area (TPSA) is 88.8 Å². The smallest absolute Gasteiger partial charge is 0.254 e. The molecule has 1 atom stereocenters. The van der Waals surface area contributed by atoms with Crippen LogP contribution in [0.15, 0.2) is 30.6 Å². The first-order valence-electron chi connectivity index (χ1n) is 10.7. The molecular weight excluding hydrogens is 430 g/mol. The fraction of sp³-hybridized carbons (Fsp3) is 0.435. The molecule has 0 unspecified atom stereocenters. The number of aromatic nitrogens is 2. The molecule has 9 heteroatoms. The molecule has 2 heterocycles. The van der Waals surface area contributed by atoms with Gasteiger partial charge < -0.3 is 19.7 Å². The maximum absolute atomic E-state index is 12.6. The Morgan fingerprint density at radius 1 is 1.22 bits per heavy atom. The Kier molecular flexibility index (Phi) is 6.86. The standard InChI is InChI=1S/C23H24ClN5O3/c1-25-21-7-6-19(10-20(21)24)32-18-4-2-17(3-5-18)28-22(31)16-11-26-23(27-12-16)29-9-8-15(13-29)14-30/h6-7,10-12,14-15,17-18H,2-5,8-9,13H2,(H,28,31)/t15-,17?,18?/m1/s1. The van der Waals surface area contributed by atoms with E-state index in [2.05, 4.69) is 20.1 Å². The van der Waals surface area contributed by atoms with Crippen LogP contribution in [0.3, 0.4) is 0 Å². The molecule has 2 fully saturated rings. The molecule has 1 aliphatic heterocycles. The van der Waals surface area contributed by atoms with Gasteiger partial charge in [-0.1, -0.05) is 17.7 Å². The van der Waals surface area contributed by atoms with Crippen LogP contribution in [0.2, 0.25) is 5.02 Å². The van der Waals surface area contributed by atoms with E-state index in [1.54, 1.807) is 18.2 Å².